The lowest BCUT2D eigenvalue weighted by molar-refractivity contribution is 0.414. The van der Waals surface area contributed by atoms with E-state index in [0.717, 1.165) is 17.9 Å². The van der Waals surface area contributed by atoms with Crippen molar-refractivity contribution in [1.29, 1.82) is 0 Å². The SMILES string of the molecule is COc1ccc(C2(CN)CCCC2)cc1-c1ccccc1. The number of ether oxygens (including phenoxy) is 1. The Kier molecular flexibility index (Phi) is 3.98. The highest BCUT2D eigenvalue weighted by molar-refractivity contribution is 5.71. The first kappa shape index (κ1) is 14.2. The van der Waals surface area contributed by atoms with Gasteiger partial charge in [0, 0.05) is 17.5 Å². The Bertz CT molecular complexity index is 600. The second-order valence-electron chi connectivity index (χ2n) is 5.97. The lowest BCUT2D eigenvalue weighted by atomic mass is 9.78. The van der Waals surface area contributed by atoms with Crippen molar-refractivity contribution in [3.63, 3.8) is 0 Å². The molecule has 21 heavy (non-hydrogen) atoms. The predicted molar refractivity (Wildman–Crippen MR) is 87.6 cm³/mol. The minimum atomic E-state index is 0.163. The van der Waals surface area contributed by atoms with Crippen molar-refractivity contribution in [1.82, 2.24) is 0 Å². The van der Waals surface area contributed by atoms with Crippen LogP contribution in [0.4, 0.5) is 0 Å². The maximum atomic E-state index is 6.13. The quantitative estimate of drug-likeness (QED) is 0.914. The third-order valence-electron chi connectivity index (χ3n) is 4.85. The van der Waals surface area contributed by atoms with Gasteiger partial charge in [0.1, 0.15) is 5.75 Å². The van der Waals surface area contributed by atoms with Gasteiger partial charge in [0.15, 0.2) is 0 Å². The number of nitrogens with two attached hydrogens (primary N) is 1. The smallest absolute Gasteiger partial charge is 0.126 e. The minimum absolute atomic E-state index is 0.163. The zero-order valence-electron chi connectivity index (χ0n) is 12.6. The molecule has 2 aromatic carbocycles. The molecule has 1 fully saturated rings. The van der Waals surface area contributed by atoms with E-state index in [0.29, 0.717) is 0 Å². The van der Waals surface area contributed by atoms with E-state index in [1.165, 1.54) is 36.8 Å². The molecule has 1 aliphatic rings. The van der Waals surface area contributed by atoms with Crippen molar-refractivity contribution >= 4 is 0 Å². The normalized spacial score (nSPS) is 16.9. The molecule has 2 nitrogen and oxygen atoms in total. The second-order valence-corrected chi connectivity index (χ2v) is 5.97. The minimum Gasteiger partial charge on any atom is -0.496 e. The maximum Gasteiger partial charge on any atom is 0.126 e. The second kappa shape index (κ2) is 5.90. The largest absolute Gasteiger partial charge is 0.496 e. The maximum absolute atomic E-state index is 6.13. The molecule has 0 amide bonds. The average molecular weight is 281 g/mol. The zero-order chi connectivity index (χ0) is 14.7. The Morgan fingerprint density at radius 3 is 2.38 bits per heavy atom. The first-order chi connectivity index (χ1) is 10.3. The van der Waals surface area contributed by atoms with Crippen LogP contribution in [0.5, 0.6) is 5.75 Å². The van der Waals surface area contributed by atoms with Crippen LogP contribution in [0.25, 0.3) is 11.1 Å². The van der Waals surface area contributed by atoms with E-state index in [-0.39, 0.29) is 5.41 Å². The Morgan fingerprint density at radius 2 is 1.76 bits per heavy atom. The van der Waals surface area contributed by atoms with Gasteiger partial charge < -0.3 is 10.5 Å². The highest BCUT2D eigenvalue weighted by Crippen LogP contribution is 2.43. The van der Waals surface area contributed by atoms with Crippen molar-refractivity contribution < 1.29 is 4.74 Å². The molecule has 0 aromatic heterocycles. The van der Waals surface area contributed by atoms with Crippen LogP contribution >= 0.6 is 0 Å². The fourth-order valence-electron chi connectivity index (χ4n) is 3.54. The molecular weight excluding hydrogens is 258 g/mol. The fourth-order valence-corrected chi connectivity index (χ4v) is 3.54. The molecule has 3 rings (SSSR count). The molecule has 1 aliphatic carbocycles. The van der Waals surface area contributed by atoms with E-state index in [1.54, 1.807) is 7.11 Å². The van der Waals surface area contributed by atoms with Crippen LogP contribution in [0.15, 0.2) is 48.5 Å². The molecule has 0 unspecified atom stereocenters. The first-order valence-corrected chi connectivity index (χ1v) is 7.73. The van der Waals surface area contributed by atoms with E-state index < -0.39 is 0 Å². The van der Waals surface area contributed by atoms with Gasteiger partial charge >= 0.3 is 0 Å². The highest BCUT2D eigenvalue weighted by atomic mass is 16.5. The van der Waals surface area contributed by atoms with Crippen LogP contribution in [0.3, 0.4) is 0 Å². The summed E-state index contributed by atoms with van der Waals surface area (Å²) in [6, 6.07) is 17.0. The van der Waals surface area contributed by atoms with E-state index in [2.05, 4.69) is 42.5 Å². The monoisotopic (exact) mass is 281 g/mol. The molecule has 0 heterocycles. The molecule has 110 valence electrons. The van der Waals surface area contributed by atoms with Crippen molar-refractivity contribution in [2.45, 2.75) is 31.1 Å². The standard InChI is InChI=1S/C19H23NO/c1-21-18-10-9-16(19(14-20)11-5-6-12-19)13-17(18)15-7-3-2-4-8-15/h2-4,7-10,13H,5-6,11-12,14,20H2,1H3. The van der Waals surface area contributed by atoms with Crippen LogP contribution in [0.2, 0.25) is 0 Å². The van der Waals surface area contributed by atoms with Crippen LogP contribution in [0, 0.1) is 0 Å². The number of rotatable bonds is 4. The Balaban J connectivity index is 2.09. The summed E-state index contributed by atoms with van der Waals surface area (Å²) in [5.41, 5.74) is 10.0. The molecule has 0 aliphatic heterocycles. The Labute approximate surface area is 126 Å². The van der Waals surface area contributed by atoms with E-state index >= 15 is 0 Å². The third kappa shape index (κ3) is 2.56. The summed E-state index contributed by atoms with van der Waals surface area (Å²) in [7, 11) is 1.73. The van der Waals surface area contributed by atoms with Gasteiger partial charge in [0.25, 0.3) is 0 Å². The molecule has 0 radical (unpaired) electrons. The highest BCUT2D eigenvalue weighted by Gasteiger charge is 2.34. The summed E-state index contributed by atoms with van der Waals surface area (Å²) in [6.45, 7) is 0.730. The van der Waals surface area contributed by atoms with Crippen molar-refractivity contribution in [2.24, 2.45) is 5.73 Å². The topological polar surface area (TPSA) is 35.2 Å². The van der Waals surface area contributed by atoms with Crippen molar-refractivity contribution in [2.75, 3.05) is 13.7 Å². The number of hydrogen-bond donors (Lipinski definition) is 1. The first-order valence-electron chi connectivity index (χ1n) is 7.73. The van der Waals surface area contributed by atoms with Gasteiger partial charge in [-0.25, -0.2) is 0 Å². The van der Waals surface area contributed by atoms with Crippen molar-refractivity contribution in [3.8, 4) is 16.9 Å². The van der Waals surface area contributed by atoms with Gasteiger partial charge in [0.2, 0.25) is 0 Å². The summed E-state index contributed by atoms with van der Waals surface area (Å²) in [4.78, 5) is 0. The van der Waals surface area contributed by atoms with E-state index in [1.807, 2.05) is 6.07 Å². The van der Waals surface area contributed by atoms with Crippen LogP contribution in [-0.2, 0) is 5.41 Å². The number of methoxy groups -OCH3 is 1. The Morgan fingerprint density at radius 1 is 1.05 bits per heavy atom. The van der Waals surface area contributed by atoms with Crippen LogP contribution in [0.1, 0.15) is 31.2 Å². The number of hydrogen-bond acceptors (Lipinski definition) is 2. The lowest BCUT2D eigenvalue weighted by Crippen LogP contribution is -2.32. The predicted octanol–water partition coefficient (Wildman–Crippen LogP) is 4.13. The summed E-state index contributed by atoms with van der Waals surface area (Å²) in [5.74, 6) is 0.926. The van der Waals surface area contributed by atoms with Gasteiger partial charge in [-0.1, -0.05) is 49.2 Å². The average Bonchev–Trinajstić information content (AvgIpc) is 3.05. The van der Waals surface area contributed by atoms with E-state index in [4.69, 9.17) is 10.5 Å². The fraction of sp³-hybridized carbons (Fsp3) is 0.368. The lowest BCUT2D eigenvalue weighted by Gasteiger charge is -2.29. The van der Waals surface area contributed by atoms with E-state index in [9.17, 15) is 0 Å². The van der Waals surface area contributed by atoms with Crippen LogP contribution < -0.4 is 10.5 Å². The van der Waals surface area contributed by atoms with Crippen LogP contribution in [-0.4, -0.2) is 13.7 Å². The molecule has 0 atom stereocenters. The molecule has 0 bridgehead atoms. The summed E-state index contributed by atoms with van der Waals surface area (Å²) in [6.07, 6.45) is 4.96. The molecule has 2 N–H and O–H groups in total. The van der Waals surface area contributed by atoms with Gasteiger partial charge in [0.05, 0.1) is 7.11 Å². The molecule has 1 saturated carbocycles. The molecule has 0 spiro atoms. The van der Waals surface area contributed by atoms with Gasteiger partial charge in [-0.3, -0.25) is 0 Å². The molecule has 2 aromatic rings. The third-order valence-corrected chi connectivity index (χ3v) is 4.85. The van der Waals surface area contributed by atoms with Gasteiger partial charge in [-0.2, -0.15) is 0 Å². The van der Waals surface area contributed by atoms with Gasteiger partial charge in [-0.15, -0.1) is 0 Å². The summed E-state index contributed by atoms with van der Waals surface area (Å²) in [5, 5.41) is 0. The Hall–Kier alpha value is -1.80. The summed E-state index contributed by atoms with van der Waals surface area (Å²) >= 11 is 0. The summed E-state index contributed by atoms with van der Waals surface area (Å²) < 4.78 is 5.55. The molecule has 2 heteroatoms. The molecular formula is C19H23NO. The number of benzene rings is 2. The van der Waals surface area contributed by atoms with Crippen molar-refractivity contribution in [3.05, 3.63) is 54.1 Å². The van der Waals surface area contributed by atoms with Gasteiger partial charge in [-0.05, 0) is 36.1 Å². The molecule has 0 saturated heterocycles. The zero-order valence-corrected chi connectivity index (χ0v) is 12.6.